The highest BCUT2D eigenvalue weighted by Gasteiger charge is 2.18. The number of hydrogen-bond donors (Lipinski definition) is 1. The van der Waals surface area contributed by atoms with Crippen molar-refractivity contribution in [3.63, 3.8) is 0 Å². The molecule has 15 heavy (non-hydrogen) atoms. The zero-order chi connectivity index (χ0) is 11.4. The minimum atomic E-state index is -2.37. The van der Waals surface area contributed by atoms with Gasteiger partial charge in [-0.25, -0.2) is 8.78 Å². The van der Waals surface area contributed by atoms with E-state index in [1.54, 1.807) is 6.07 Å². The Morgan fingerprint density at radius 1 is 1.20 bits per heavy atom. The minimum Gasteiger partial charge on any atom is -0.302 e. The minimum absolute atomic E-state index is 0.178. The maximum absolute atomic E-state index is 12.3. The molecule has 0 aliphatic heterocycles. The molecule has 2 unspecified atom stereocenters. The maximum Gasteiger partial charge on any atom is 0.253 e. The van der Waals surface area contributed by atoms with Crippen LogP contribution in [0.25, 0.3) is 0 Å². The monoisotopic (exact) mass is 233 g/mol. The number of rotatable bonds is 4. The topological polar surface area (TPSA) is 12.0 Å². The molecule has 0 saturated carbocycles. The molecule has 84 valence electrons. The molecule has 0 heterocycles. The van der Waals surface area contributed by atoms with Gasteiger partial charge in [0.25, 0.3) is 6.43 Å². The third-order valence-electron chi connectivity index (χ3n) is 2.26. The first-order chi connectivity index (χ1) is 7.02. The molecule has 1 nitrogen and oxygen atoms in total. The summed E-state index contributed by atoms with van der Waals surface area (Å²) >= 11 is 5.95. The summed E-state index contributed by atoms with van der Waals surface area (Å²) in [5.41, 5.74) is 0.840. The standard InChI is InChI=1S/C11H14ClF2N/c1-7(15-8(2)11(13)14)9-5-3-4-6-10(9)12/h3-8,11,15H,1-2H3. The van der Waals surface area contributed by atoms with Crippen LogP contribution in [-0.2, 0) is 0 Å². The van der Waals surface area contributed by atoms with Gasteiger partial charge in [-0.05, 0) is 25.5 Å². The first-order valence-electron chi connectivity index (χ1n) is 4.81. The Bertz CT molecular complexity index is 317. The lowest BCUT2D eigenvalue weighted by molar-refractivity contribution is 0.101. The van der Waals surface area contributed by atoms with Crippen LogP contribution in [0.5, 0.6) is 0 Å². The molecule has 0 amide bonds. The molecule has 0 fully saturated rings. The molecule has 2 atom stereocenters. The average molecular weight is 234 g/mol. The molecule has 0 radical (unpaired) electrons. The summed E-state index contributed by atoms with van der Waals surface area (Å²) in [6, 6.07) is 6.22. The van der Waals surface area contributed by atoms with E-state index in [1.807, 2.05) is 25.1 Å². The fourth-order valence-corrected chi connectivity index (χ4v) is 1.68. The lowest BCUT2D eigenvalue weighted by Gasteiger charge is -2.20. The molecule has 0 saturated heterocycles. The van der Waals surface area contributed by atoms with E-state index in [-0.39, 0.29) is 6.04 Å². The van der Waals surface area contributed by atoms with Crippen LogP contribution in [0.4, 0.5) is 8.78 Å². The van der Waals surface area contributed by atoms with Gasteiger partial charge in [-0.3, -0.25) is 0 Å². The Morgan fingerprint density at radius 3 is 2.33 bits per heavy atom. The zero-order valence-corrected chi connectivity index (χ0v) is 9.43. The van der Waals surface area contributed by atoms with Crippen LogP contribution in [-0.4, -0.2) is 12.5 Å². The Balaban J connectivity index is 2.69. The molecule has 4 heteroatoms. The van der Waals surface area contributed by atoms with E-state index < -0.39 is 12.5 Å². The second-order valence-corrected chi connectivity index (χ2v) is 3.94. The fourth-order valence-electron chi connectivity index (χ4n) is 1.38. The Morgan fingerprint density at radius 2 is 1.80 bits per heavy atom. The summed E-state index contributed by atoms with van der Waals surface area (Å²) < 4.78 is 24.6. The van der Waals surface area contributed by atoms with Crippen LogP contribution in [0.15, 0.2) is 24.3 Å². The van der Waals surface area contributed by atoms with Crippen molar-refractivity contribution in [2.45, 2.75) is 32.4 Å². The van der Waals surface area contributed by atoms with Gasteiger partial charge in [0.15, 0.2) is 0 Å². The van der Waals surface area contributed by atoms with Gasteiger partial charge in [0, 0.05) is 11.1 Å². The number of hydrogen-bond acceptors (Lipinski definition) is 1. The first-order valence-corrected chi connectivity index (χ1v) is 5.18. The average Bonchev–Trinajstić information content (AvgIpc) is 2.18. The van der Waals surface area contributed by atoms with Gasteiger partial charge < -0.3 is 5.32 Å². The highest BCUT2D eigenvalue weighted by Crippen LogP contribution is 2.22. The quantitative estimate of drug-likeness (QED) is 0.837. The van der Waals surface area contributed by atoms with Gasteiger partial charge in [0.1, 0.15) is 0 Å². The summed E-state index contributed by atoms with van der Waals surface area (Å²) in [6.45, 7) is 3.28. The molecule has 0 aromatic heterocycles. The molecule has 1 rings (SSSR count). The van der Waals surface area contributed by atoms with Crippen LogP contribution in [0.2, 0.25) is 5.02 Å². The number of alkyl halides is 2. The van der Waals surface area contributed by atoms with Gasteiger partial charge in [0.2, 0.25) is 0 Å². The Kier molecular flexibility index (Phi) is 4.48. The third-order valence-corrected chi connectivity index (χ3v) is 2.61. The van der Waals surface area contributed by atoms with Crippen molar-refractivity contribution in [1.82, 2.24) is 5.32 Å². The van der Waals surface area contributed by atoms with E-state index in [0.29, 0.717) is 5.02 Å². The van der Waals surface area contributed by atoms with Crippen LogP contribution < -0.4 is 5.32 Å². The zero-order valence-electron chi connectivity index (χ0n) is 8.68. The molecule has 0 spiro atoms. The normalized spacial score (nSPS) is 15.3. The van der Waals surface area contributed by atoms with Gasteiger partial charge in [-0.15, -0.1) is 0 Å². The molecule has 1 N–H and O–H groups in total. The Labute approximate surface area is 93.4 Å². The van der Waals surface area contributed by atoms with E-state index in [0.717, 1.165) is 5.56 Å². The van der Waals surface area contributed by atoms with Crippen molar-refractivity contribution >= 4 is 11.6 Å². The third kappa shape index (κ3) is 3.43. The van der Waals surface area contributed by atoms with E-state index in [4.69, 9.17) is 11.6 Å². The van der Waals surface area contributed by atoms with Crippen LogP contribution in [0.1, 0.15) is 25.5 Å². The van der Waals surface area contributed by atoms with Crippen LogP contribution >= 0.6 is 11.6 Å². The summed E-state index contributed by atoms with van der Waals surface area (Å²) in [7, 11) is 0. The summed E-state index contributed by atoms with van der Waals surface area (Å²) in [5, 5.41) is 3.40. The van der Waals surface area contributed by atoms with E-state index in [1.165, 1.54) is 6.92 Å². The highest BCUT2D eigenvalue weighted by atomic mass is 35.5. The Hall–Kier alpha value is -0.670. The lowest BCUT2D eigenvalue weighted by atomic mass is 10.1. The van der Waals surface area contributed by atoms with Crippen molar-refractivity contribution in [1.29, 1.82) is 0 Å². The molecule has 0 aliphatic rings. The molecule has 0 bridgehead atoms. The second-order valence-electron chi connectivity index (χ2n) is 3.53. The number of nitrogens with one attached hydrogen (secondary N) is 1. The first kappa shape index (κ1) is 12.4. The smallest absolute Gasteiger partial charge is 0.253 e. The predicted octanol–water partition coefficient (Wildman–Crippen LogP) is 3.64. The van der Waals surface area contributed by atoms with E-state index >= 15 is 0 Å². The van der Waals surface area contributed by atoms with Crippen molar-refractivity contribution in [3.05, 3.63) is 34.9 Å². The van der Waals surface area contributed by atoms with E-state index in [2.05, 4.69) is 5.32 Å². The summed E-state index contributed by atoms with van der Waals surface area (Å²) in [4.78, 5) is 0. The lowest BCUT2D eigenvalue weighted by Crippen LogP contribution is -2.34. The number of halogens is 3. The van der Waals surface area contributed by atoms with Crippen molar-refractivity contribution < 1.29 is 8.78 Å². The summed E-state index contributed by atoms with van der Waals surface area (Å²) in [6.07, 6.45) is -2.37. The fraction of sp³-hybridized carbons (Fsp3) is 0.455. The highest BCUT2D eigenvalue weighted by molar-refractivity contribution is 6.31. The molecule has 1 aromatic rings. The molecule has 1 aromatic carbocycles. The SMILES string of the molecule is CC(NC(C)C(F)F)c1ccccc1Cl. The largest absolute Gasteiger partial charge is 0.302 e. The summed E-state index contributed by atoms with van der Waals surface area (Å²) in [5.74, 6) is 0. The van der Waals surface area contributed by atoms with Gasteiger partial charge >= 0.3 is 0 Å². The van der Waals surface area contributed by atoms with Crippen molar-refractivity contribution in [3.8, 4) is 0 Å². The molecular formula is C11H14ClF2N. The van der Waals surface area contributed by atoms with Crippen LogP contribution in [0, 0.1) is 0 Å². The molecule has 0 aliphatic carbocycles. The predicted molar refractivity (Wildman–Crippen MR) is 58.5 cm³/mol. The van der Waals surface area contributed by atoms with Crippen molar-refractivity contribution in [2.75, 3.05) is 0 Å². The molecular weight excluding hydrogens is 220 g/mol. The van der Waals surface area contributed by atoms with Crippen molar-refractivity contribution in [2.24, 2.45) is 0 Å². The van der Waals surface area contributed by atoms with Gasteiger partial charge in [-0.1, -0.05) is 29.8 Å². The van der Waals surface area contributed by atoms with Gasteiger partial charge in [0.05, 0.1) is 6.04 Å². The van der Waals surface area contributed by atoms with E-state index in [9.17, 15) is 8.78 Å². The second kappa shape index (κ2) is 5.42. The maximum atomic E-state index is 12.3. The van der Waals surface area contributed by atoms with Crippen LogP contribution in [0.3, 0.4) is 0 Å². The number of benzene rings is 1. The van der Waals surface area contributed by atoms with Gasteiger partial charge in [-0.2, -0.15) is 0 Å².